The molecule has 0 aromatic rings. The molecule has 2 atom stereocenters. The normalized spacial score (nSPS) is 46.1. The minimum atomic E-state index is 0.920. The molecule has 1 heteroatoms. The molecule has 0 aliphatic heterocycles. The average Bonchev–Trinajstić information content (AvgIpc) is 2.23. The molecular formula is C7H11S. The topological polar surface area (TPSA) is 0 Å². The zero-order valence-electron chi connectivity index (χ0n) is 4.93. The lowest BCUT2D eigenvalue weighted by Gasteiger charge is -2.13. The summed E-state index contributed by atoms with van der Waals surface area (Å²) in [4.78, 5) is 0. The molecule has 2 fully saturated rings. The van der Waals surface area contributed by atoms with E-state index in [9.17, 15) is 0 Å². The van der Waals surface area contributed by atoms with Gasteiger partial charge in [-0.3, -0.25) is 0 Å². The third-order valence-corrected chi connectivity index (χ3v) is 3.06. The third kappa shape index (κ3) is 0.604. The Hall–Kier alpha value is 0.350. The van der Waals surface area contributed by atoms with Crippen LogP contribution in [0.5, 0.6) is 0 Å². The van der Waals surface area contributed by atoms with Gasteiger partial charge in [0.2, 0.25) is 0 Å². The van der Waals surface area contributed by atoms with Gasteiger partial charge in [-0.25, -0.2) is 0 Å². The summed E-state index contributed by atoms with van der Waals surface area (Å²) >= 11 is 4.41. The standard InChI is InChI=1S/C7H11S/c8-7-4-5-1-2-6(7)3-5/h5-6,8H,1-4H2. The molecule has 2 bridgehead atoms. The lowest BCUT2D eigenvalue weighted by molar-refractivity contribution is 0.548. The van der Waals surface area contributed by atoms with Crippen molar-refractivity contribution in [2.45, 2.75) is 25.7 Å². The quantitative estimate of drug-likeness (QED) is 0.474. The van der Waals surface area contributed by atoms with Crippen molar-refractivity contribution in [1.82, 2.24) is 0 Å². The number of hydrogen-bond acceptors (Lipinski definition) is 1. The predicted molar refractivity (Wildman–Crippen MR) is 37.7 cm³/mol. The van der Waals surface area contributed by atoms with Crippen molar-refractivity contribution < 1.29 is 0 Å². The summed E-state index contributed by atoms with van der Waals surface area (Å²) in [6, 6.07) is 0. The molecule has 0 amide bonds. The van der Waals surface area contributed by atoms with Crippen molar-refractivity contribution in [3.05, 3.63) is 5.25 Å². The fraction of sp³-hybridized carbons (Fsp3) is 0.857. The highest BCUT2D eigenvalue weighted by atomic mass is 32.1. The molecule has 0 N–H and O–H groups in total. The highest BCUT2D eigenvalue weighted by Crippen LogP contribution is 2.50. The first-order chi connectivity index (χ1) is 3.86. The summed E-state index contributed by atoms with van der Waals surface area (Å²) < 4.78 is 0. The Kier molecular flexibility index (Phi) is 1.07. The Morgan fingerprint density at radius 2 is 2.25 bits per heavy atom. The lowest BCUT2D eigenvalue weighted by Crippen LogP contribution is -2.00. The average molecular weight is 127 g/mol. The van der Waals surface area contributed by atoms with Crippen LogP contribution in [0.1, 0.15) is 25.7 Å². The Morgan fingerprint density at radius 3 is 2.50 bits per heavy atom. The molecular weight excluding hydrogens is 116 g/mol. The molecule has 2 saturated carbocycles. The summed E-state index contributed by atoms with van der Waals surface area (Å²) in [7, 11) is 0. The molecule has 0 heterocycles. The molecule has 1 radical (unpaired) electrons. The van der Waals surface area contributed by atoms with Gasteiger partial charge < -0.3 is 0 Å². The van der Waals surface area contributed by atoms with E-state index < -0.39 is 0 Å². The van der Waals surface area contributed by atoms with E-state index >= 15 is 0 Å². The first-order valence-electron chi connectivity index (χ1n) is 3.41. The Morgan fingerprint density at radius 1 is 1.38 bits per heavy atom. The maximum absolute atomic E-state index is 4.41. The zero-order chi connectivity index (χ0) is 5.56. The van der Waals surface area contributed by atoms with Crippen molar-refractivity contribution >= 4 is 12.6 Å². The van der Waals surface area contributed by atoms with Gasteiger partial charge in [0.1, 0.15) is 0 Å². The van der Waals surface area contributed by atoms with Crippen LogP contribution in [0.2, 0.25) is 0 Å². The van der Waals surface area contributed by atoms with E-state index in [2.05, 4.69) is 12.6 Å². The second-order valence-corrected chi connectivity index (χ2v) is 3.65. The molecule has 0 nitrogen and oxygen atoms in total. The van der Waals surface area contributed by atoms with Crippen LogP contribution < -0.4 is 0 Å². The van der Waals surface area contributed by atoms with Crippen LogP contribution in [-0.2, 0) is 0 Å². The Labute approximate surface area is 56.1 Å². The van der Waals surface area contributed by atoms with Crippen molar-refractivity contribution in [2.24, 2.45) is 11.8 Å². The van der Waals surface area contributed by atoms with Crippen LogP contribution in [0.3, 0.4) is 0 Å². The largest absolute Gasteiger partial charge is 0.171 e. The van der Waals surface area contributed by atoms with Gasteiger partial charge in [-0.05, 0) is 31.1 Å². The van der Waals surface area contributed by atoms with Gasteiger partial charge in [-0.1, -0.05) is 6.42 Å². The smallest absolute Gasteiger partial charge is 0.0307 e. The molecule has 2 aliphatic carbocycles. The SMILES string of the molecule is S[C]1CC2CCC1C2. The van der Waals surface area contributed by atoms with Crippen molar-refractivity contribution in [2.75, 3.05) is 0 Å². The second kappa shape index (κ2) is 1.66. The fourth-order valence-electron chi connectivity index (χ4n) is 2.03. The molecule has 2 unspecified atom stereocenters. The Balaban J connectivity index is 2.11. The first-order valence-corrected chi connectivity index (χ1v) is 3.85. The van der Waals surface area contributed by atoms with Gasteiger partial charge in [-0.15, -0.1) is 0 Å². The number of rotatable bonds is 0. The zero-order valence-corrected chi connectivity index (χ0v) is 5.82. The number of thiol groups is 1. The van der Waals surface area contributed by atoms with Crippen molar-refractivity contribution in [1.29, 1.82) is 0 Å². The number of fused-ring (bicyclic) bond motifs is 2. The molecule has 45 valence electrons. The third-order valence-electron chi connectivity index (χ3n) is 2.51. The van der Waals surface area contributed by atoms with E-state index in [1.165, 1.54) is 30.9 Å². The summed E-state index contributed by atoms with van der Waals surface area (Å²) in [6.07, 6.45) is 5.70. The summed E-state index contributed by atoms with van der Waals surface area (Å²) in [6.45, 7) is 0. The molecule has 0 aromatic heterocycles. The molecule has 8 heavy (non-hydrogen) atoms. The van der Waals surface area contributed by atoms with Crippen LogP contribution in [-0.4, -0.2) is 0 Å². The Bertz CT molecular complexity index is 98.6. The van der Waals surface area contributed by atoms with E-state index in [0.717, 1.165) is 11.8 Å². The summed E-state index contributed by atoms with van der Waals surface area (Å²) in [5, 5.41) is 1.49. The van der Waals surface area contributed by atoms with E-state index in [1.807, 2.05) is 0 Å². The minimum Gasteiger partial charge on any atom is -0.171 e. The number of hydrogen-bond donors (Lipinski definition) is 1. The van der Waals surface area contributed by atoms with Gasteiger partial charge in [0.25, 0.3) is 0 Å². The van der Waals surface area contributed by atoms with Gasteiger partial charge in [0, 0.05) is 5.25 Å². The van der Waals surface area contributed by atoms with Crippen molar-refractivity contribution in [3.8, 4) is 0 Å². The second-order valence-electron chi connectivity index (χ2n) is 3.07. The van der Waals surface area contributed by atoms with Crippen LogP contribution in [0.4, 0.5) is 0 Å². The van der Waals surface area contributed by atoms with Crippen molar-refractivity contribution in [3.63, 3.8) is 0 Å². The maximum Gasteiger partial charge on any atom is 0.0307 e. The molecule has 0 aromatic carbocycles. The van der Waals surface area contributed by atoms with Crippen LogP contribution >= 0.6 is 12.6 Å². The molecule has 2 rings (SSSR count). The summed E-state index contributed by atoms with van der Waals surface area (Å²) in [5.41, 5.74) is 0. The minimum absolute atomic E-state index is 0.920. The van der Waals surface area contributed by atoms with Crippen LogP contribution in [0, 0.1) is 17.1 Å². The molecule has 2 aliphatic rings. The van der Waals surface area contributed by atoms with Gasteiger partial charge in [-0.2, -0.15) is 12.6 Å². The van der Waals surface area contributed by atoms with Crippen LogP contribution in [0.25, 0.3) is 0 Å². The van der Waals surface area contributed by atoms with E-state index in [1.54, 1.807) is 0 Å². The highest BCUT2D eigenvalue weighted by Gasteiger charge is 2.37. The van der Waals surface area contributed by atoms with E-state index in [4.69, 9.17) is 0 Å². The predicted octanol–water partition coefficient (Wildman–Crippen LogP) is 2.27. The highest BCUT2D eigenvalue weighted by molar-refractivity contribution is 7.83. The van der Waals surface area contributed by atoms with E-state index in [0.29, 0.717) is 0 Å². The van der Waals surface area contributed by atoms with Gasteiger partial charge in [0.15, 0.2) is 0 Å². The summed E-state index contributed by atoms with van der Waals surface area (Å²) in [5.74, 6) is 1.95. The van der Waals surface area contributed by atoms with Gasteiger partial charge in [0.05, 0.1) is 0 Å². The molecule has 0 spiro atoms. The maximum atomic E-state index is 4.41. The van der Waals surface area contributed by atoms with E-state index in [-0.39, 0.29) is 0 Å². The monoisotopic (exact) mass is 127 g/mol. The fourth-order valence-corrected chi connectivity index (χ4v) is 2.52. The van der Waals surface area contributed by atoms with Gasteiger partial charge >= 0.3 is 0 Å². The lowest BCUT2D eigenvalue weighted by atomic mass is 10.0. The first kappa shape index (κ1) is 5.16. The molecule has 0 saturated heterocycles. The van der Waals surface area contributed by atoms with Crippen LogP contribution in [0.15, 0.2) is 0 Å².